The smallest absolute Gasteiger partial charge is 0.333 e. The average molecular weight is 368 g/mol. The van der Waals surface area contributed by atoms with Gasteiger partial charge >= 0.3 is 5.97 Å². The molecular formula is C19H32N2O5. The Bertz CT molecular complexity index is 532. The van der Waals surface area contributed by atoms with Crippen LogP contribution in [0.15, 0.2) is 12.2 Å². The summed E-state index contributed by atoms with van der Waals surface area (Å²) in [6, 6.07) is 0. The fourth-order valence-electron chi connectivity index (χ4n) is 3.40. The van der Waals surface area contributed by atoms with Crippen molar-refractivity contribution in [3.8, 4) is 0 Å². The van der Waals surface area contributed by atoms with E-state index in [1.54, 1.807) is 25.8 Å². The second kappa shape index (κ2) is 10.3. The van der Waals surface area contributed by atoms with E-state index in [2.05, 4.69) is 11.4 Å². The van der Waals surface area contributed by atoms with Gasteiger partial charge in [-0.15, -0.1) is 0 Å². The summed E-state index contributed by atoms with van der Waals surface area (Å²) in [5, 5.41) is 22.3. The Hall–Kier alpha value is -1.89. The summed E-state index contributed by atoms with van der Waals surface area (Å²) in [6.07, 6.45) is 6.60. The zero-order valence-corrected chi connectivity index (χ0v) is 16.0. The van der Waals surface area contributed by atoms with Crippen LogP contribution < -0.4 is 5.32 Å². The number of nitrogens with zero attached hydrogens (tertiary/aromatic N) is 1. The molecule has 26 heavy (non-hydrogen) atoms. The maximum absolute atomic E-state index is 12.9. The number of allylic oxidation sites excluding steroid dienone is 2. The van der Waals surface area contributed by atoms with Crippen LogP contribution in [0.1, 0.15) is 52.4 Å². The van der Waals surface area contributed by atoms with Crippen molar-refractivity contribution >= 4 is 17.8 Å². The van der Waals surface area contributed by atoms with Crippen molar-refractivity contribution in [3.05, 3.63) is 12.2 Å². The second-order valence-corrected chi connectivity index (χ2v) is 7.29. The highest BCUT2D eigenvalue weighted by Gasteiger charge is 2.50. The first-order valence-electron chi connectivity index (χ1n) is 9.31. The number of aliphatic hydroxyl groups is 1. The minimum Gasteiger partial charge on any atom is -0.479 e. The van der Waals surface area contributed by atoms with Crippen LogP contribution in [0, 0.1) is 11.3 Å². The van der Waals surface area contributed by atoms with Gasteiger partial charge in [0.25, 0.3) is 0 Å². The Balaban J connectivity index is 3.10. The highest BCUT2D eigenvalue weighted by atomic mass is 16.4. The molecule has 0 bridgehead atoms. The molecule has 0 radical (unpaired) electrons. The zero-order chi connectivity index (χ0) is 19.7. The summed E-state index contributed by atoms with van der Waals surface area (Å²) in [7, 11) is 1.68. The van der Waals surface area contributed by atoms with Gasteiger partial charge in [0.05, 0.1) is 12.0 Å². The van der Waals surface area contributed by atoms with Gasteiger partial charge in [-0.2, -0.15) is 0 Å². The molecule has 0 aromatic rings. The Morgan fingerprint density at radius 3 is 2.38 bits per heavy atom. The van der Waals surface area contributed by atoms with Crippen LogP contribution in [0.4, 0.5) is 0 Å². The molecule has 2 atom stereocenters. The summed E-state index contributed by atoms with van der Waals surface area (Å²) in [5.41, 5.74) is -1.47. The molecule has 0 saturated carbocycles. The predicted octanol–water partition coefficient (Wildman–Crippen LogP) is 1.56. The maximum atomic E-state index is 12.9. The standard InChI is InChI=1S/C19H32N2O5/c1-14(2)19(16(23)17(24)25)11-9-7-5-4-6-8-10-12-21(3)15(22)13-20-18(19)26/h4-5,14,16,23H,6-13H2,1-3H3,(H,20,26)(H,24,25)/b5-4+/t16-,19-/m1/s1. The summed E-state index contributed by atoms with van der Waals surface area (Å²) in [5.74, 6) is -2.64. The summed E-state index contributed by atoms with van der Waals surface area (Å²) in [4.78, 5) is 38.1. The molecule has 0 fully saturated rings. The number of likely N-dealkylation sites (N-methyl/N-ethyl adjacent to an activating group) is 1. The van der Waals surface area contributed by atoms with Crippen LogP contribution in [-0.4, -0.2) is 59.1 Å². The van der Waals surface area contributed by atoms with Gasteiger partial charge in [-0.3, -0.25) is 9.59 Å². The highest BCUT2D eigenvalue weighted by Crippen LogP contribution is 2.38. The van der Waals surface area contributed by atoms with Crippen LogP contribution in [-0.2, 0) is 14.4 Å². The summed E-state index contributed by atoms with van der Waals surface area (Å²) >= 11 is 0. The van der Waals surface area contributed by atoms with Crippen LogP contribution in [0.5, 0.6) is 0 Å². The van der Waals surface area contributed by atoms with Gasteiger partial charge in [0.15, 0.2) is 6.10 Å². The Morgan fingerprint density at radius 1 is 1.19 bits per heavy atom. The molecule has 1 aliphatic heterocycles. The molecule has 2 amide bonds. The van der Waals surface area contributed by atoms with E-state index in [0.29, 0.717) is 19.4 Å². The van der Waals surface area contributed by atoms with Crippen molar-refractivity contribution in [1.29, 1.82) is 0 Å². The van der Waals surface area contributed by atoms with E-state index >= 15 is 0 Å². The van der Waals surface area contributed by atoms with E-state index in [1.807, 2.05) is 6.08 Å². The van der Waals surface area contributed by atoms with Gasteiger partial charge in [-0.1, -0.05) is 26.0 Å². The maximum Gasteiger partial charge on any atom is 0.333 e. The number of hydrogen-bond donors (Lipinski definition) is 3. The molecule has 0 unspecified atom stereocenters. The third-order valence-corrected chi connectivity index (χ3v) is 5.24. The quantitative estimate of drug-likeness (QED) is 0.656. The normalized spacial score (nSPS) is 26.6. The van der Waals surface area contributed by atoms with Crippen molar-refractivity contribution in [2.24, 2.45) is 11.3 Å². The molecule has 1 rings (SSSR count). The van der Waals surface area contributed by atoms with Crippen molar-refractivity contribution in [3.63, 3.8) is 0 Å². The number of hydrogen-bond acceptors (Lipinski definition) is 4. The first-order chi connectivity index (χ1) is 12.2. The zero-order valence-electron chi connectivity index (χ0n) is 16.0. The number of carboxylic acids is 1. The molecule has 1 aliphatic rings. The van der Waals surface area contributed by atoms with Crippen LogP contribution in [0.2, 0.25) is 0 Å². The van der Waals surface area contributed by atoms with Crippen LogP contribution in [0.25, 0.3) is 0 Å². The lowest BCUT2D eigenvalue weighted by atomic mass is 9.68. The fourth-order valence-corrected chi connectivity index (χ4v) is 3.40. The highest BCUT2D eigenvalue weighted by molar-refractivity contribution is 5.92. The monoisotopic (exact) mass is 368 g/mol. The first-order valence-corrected chi connectivity index (χ1v) is 9.31. The van der Waals surface area contributed by atoms with Gasteiger partial charge in [0.2, 0.25) is 11.8 Å². The van der Waals surface area contributed by atoms with E-state index in [1.165, 1.54) is 0 Å². The first kappa shape index (κ1) is 22.2. The second-order valence-electron chi connectivity index (χ2n) is 7.29. The molecule has 7 nitrogen and oxygen atoms in total. The Morgan fingerprint density at radius 2 is 1.81 bits per heavy atom. The van der Waals surface area contributed by atoms with Gasteiger partial charge in [0, 0.05) is 13.6 Å². The number of rotatable bonds is 3. The van der Waals surface area contributed by atoms with E-state index in [-0.39, 0.29) is 18.9 Å². The predicted molar refractivity (Wildman–Crippen MR) is 98.4 cm³/mol. The summed E-state index contributed by atoms with van der Waals surface area (Å²) in [6.45, 7) is 3.86. The number of carbonyl (C=O) groups is 3. The number of aliphatic hydroxyl groups excluding tert-OH is 1. The molecule has 0 aromatic heterocycles. The Kier molecular flexibility index (Phi) is 8.78. The number of nitrogens with one attached hydrogen (secondary N) is 1. The lowest BCUT2D eigenvalue weighted by Crippen LogP contribution is -2.56. The number of carbonyl (C=O) groups excluding carboxylic acids is 2. The fraction of sp³-hybridized carbons (Fsp3) is 0.737. The average Bonchev–Trinajstić information content (AvgIpc) is 2.59. The summed E-state index contributed by atoms with van der Waals surface area (Å²) < 4.78 is 0. The lowest BCUT2D eigenvalue weighted by molar-refractivity contribution is -0.166. The van der Waals surface area contributed by atoms with Gasteiger partial charge < -0.3 is 20.4 Å². The molecule has 1 heterocycles. The lowest BCUT2D eigenvalue weighted by Gasteiger charge is -2.38. The van der Waals surface area contributed by atoms with E-state index in [4.69, 9.17) is 0 Å². The SMILES string of the molecule is CC(C)[C@@]1([C@H](O)C(=O)O)CCC/C=C/CCCCN(C)C(=O)CNC1=O. The topological polar surface area (TPSA) is 107 Å². The molecular weight excluding hydrogens is 336 g/mol. The molecule has 0 aliphatic carbocycles. The molecule has 7 heteroatoms. The third kappa shape index (κ3) is 5.56. The van der Waals surface area contributed by atoms with Crippen molar-refractivity contribution < 1.29 is 24.6 Å². The molecule has 0 aromatic carbocycles. The van der Waals surface area contributed by atoms with Crippen molar-refractivity contribution in [1.82, 2.24) is 10.2 Å². The third-order valence-electron chi connectivity index (χ3n) is 5.24. The number of carboxylic acid groups (broad SMARTS) is 1. The van der Waals surface area contributed by atoms with E-state index < -0.39 is 29.3 Å². The van der Waals surface area contributed by atoms with Gasteiger partial charge in [-0.25, -0.2) is 4.79 Å². The van der Waals surface area contributed by atoms with Crippen LogP contribution >= 0.6 is 0 Å². The van der Waals surface area contributed by atoms with Crippen molar-refractivity contribution in [2.45, 2.75) is 58.5 Å². The number of aliphatic carboxylic acids is 1. The minimum absolute atomic E-state index is 0.200. The van der Waals surface area contributed by atoms with E-state index in [0.717, 1.165) is 19.3 Å². The van der Waals surface area contributed by atoms with Crippen molar-refractivity contribution in [2.75, 3.05) is 20.1 Å². The van der Waals surface area contributed by atoms with Crippen LogP contribution in [0.3, 0.4) is 0 Å². The molecule has 0 spiro atoms. The van der Waals surface area contributed by atoms with E-state index in [9.17, 15) is 24.6 Å². The largest absolute Gasteiger partial charge is 0.479 e. The Labute approximate surface area is 155 Å². The molecule has 148 valence electrons. The number of amides is 2. The molecule has 3 N–H and O–H groups in total. The van der Waals surface area contributed by atoms with Gasteiger partial charge in [-0.05, 0) is 44.4 Å². The molecule has 0 saturated heterocycles. The minimum atomic E-state index is -1.82. The van der Waals surface area contributed by atoms with Gasteiger partial charge in [0.1, 0.15) is 0 Å².